The molecule has 0 heterocycles. The van der Waals surface area contributed by atoms with Gasteiger partial charge in [-0.25, -0.2) is 0 Å². The molecule has 2 N–H and O–H groups in total. The molecule has 130 valence electrons. The minimum absolute atomic E-state index is 0.209. The van der Waals surface area contributed by atoms with Gasteiger partial charge in [0.25, 0.3) is 0 Å². The third-order valence-corrected chi connectivity index (χ3v) is 4.97. The van der Waals surface area contributed by atoms with Crippen LogP contribution in [0.15, 0.2) is 54.6 Å². The number of carboxylic acid groups (broad SMARTS) is 1. The van der Waals surface area contributed by atoms with Crippen LogP contribution in [0.2, 0.25) is 0 Å². The number of aliphatic carboxylic acids is 1. The van der Waals surface area contributed by atoms with Gasteiger partial charge in [-0.15, -0.1) is 0 Å². The number of carbonyl (C=O) groups is 2. The Morgan fingerprint density at radius 2 is 1.72 bits per heavy atom. The Morgan fingerprint density at radius 1 is 1.12 bits per heavy atom. The van der Waals surface area contributed by atoms with Crippen LogP contribution >= 0.6 is 0 Å². The second-order valence-corrected chi connectivity index (χ2v) is 7.03. The summed E-state index contributed by atoms with van der Waals surface area (Å²) in [4.78, 5) is 22.9. The monoisotopic (exact) mass is 355 g/mol. The lowest BCUT2D eigenvalue weighted by molar-refractivity contribution is -0.141. The van der Waals surface area contributed by atoms with Crippen molar-refractivity contribution in [2.24, 2.45) is 0 Å². The van der Waals surface area contributed by atoms with Gasteiger partial charge in [0.05, 0.1) is 0 Å². The van der Waals surface area contributed by atoms with E-state index < -0.39 is 32.0 Å². The molecule has 0 saturated carbocycles. The summed E-state index contributed by atoms with van der Waals surface area (Å²) in [6.07, 6.45) is 0.209. The molecular formula is C18H20AlN2O4-. The van der Waals surface area contributed by atoms with Crippen LogP contribution in [0.25, 0.3) is 17.0 Å². The van der Waals surface area contributed by atoms with E-state index in [1.165, 1.54) is 0 Å². The Morgan fingerprint density at radius 3 is 2.28 bits per heavy atom. The number of benzene rings is 2. The van der Waals surface area contributed by atoms with E-state index in [-0.39, 0.29) is 11.9 Å². The molecule has 7 heteroatoms. The van der Waals surface area contributed by atoms with Crippen molar-refractivity contribution in [2.45, 2.75) is 19.4 Å². The molecule has 0 aliphatic carbocycles. The minimum Gasteiger partial charge on any atom is -0.582 e. The van der Waals surface area contributed by atoms with E-state index >= 15 is 0 Å². The molecule has 0 aliphatic rings. The number of nitrogens with zero attached hydrogens (tertiary/aromatic N) is 1. The number of ether oxygens (including phenoxy) is 1. The van der Waals surface area contributed by atoms with Crippen molar-refractivity contribution in [1.82, 2.24) is 5.01 Å². The smallest absolute Gasteiger partial charge is 0.429 e. The molecule has 0 radical (unpaired) electrons. The molecule has 2 aromatic rings. The summed E-state index contributed by atoms with van der Waals surface area (Å²) in [5.74, 6) is 7.15. The largest absolute Gasteiger partial charge is 0.582 e. The van der Waals surface area contributed by atoms with E-state index in [2.05, 4.69) is 0 Å². The summed E-state index contributed by atoms with van der Waals surface area (Å²) < 4.78 is 5.14. The number of hydrogen-bond donors (Lipinski definition) is 1. The van der Waals surface area contributed by atoms with Gasteiger partial charge < -0.3 is 25.5 Å². The van der Waals surface area contributed by atoms with E-state index in [0.29, 0.717) is 10.8 Å². The summed E-state index contributed by atoms with van der Waals surface area (Å²) in [6, 6.07) is 16.4. The highest BCUT2D eigenvalue weighted by molar-refractivity contribution is 6.73. The first-order chi connectivity index (χ1) is 12.0. The quantitative estimate of drug-likeness (QED) is 0.580. The second kappa shape index (κ2) is 9.23. The Bertz CT molecular complexity index is 707. The van der Waals surface area contributed by atoms with Gasteiger partial charge in [-0.2, -0.15) is 0 Å². The molecule has 0 unspecified atom stereocenters. The van der Waals surface area contributed by atoms with Crippen LogP contribution in [-0.2, 0) is 4.79 Å². The first kappa shape index (κ1) is 19.0. The van der Waals surface area contributed by atoms with Crippen molar-refractivity contribution in [3.63, 3.8) is 0 Å². The fraction of sp³-hybridized carbons (Fsp3) is 0.222. The Labute approximate surface area is 152 Å². The summed E-state index contributed by atoms with van der Waals surface area (Å²) in [5.41, 5.74) is 2.42. The highest BCUT2D eigenvalue weighted by Gasteiger charge is 2.21. The van der Waals surface area contributed by atoms with Gasteiger partial charge in [0.15, 0.2) is 0 Å². The fourth-order valence-corrected chi connectivity index (χ4v) is 3.37. The lowest BCUT2D eigenvalue weighted by atomic mass is 10.1. The van der Waals surface area contributed by atoms with Gasteiger partial charge in [0.1, 0.15) is 16.6 Å². The maximum atomic E-state index is 11.9. The number of carbonyl (C=O) groups excluding carboxylic acids is 1. The molecule has 0 bridgehead atoms. The molecule has 0 saturated heterocycles. The van der Waals surface area contributed by atoms with Crippen LogP contribution in [0.5, 0.6) is 5.75 Å². The molecule has 0 fully saturated rings. The summed E-state index contributed by atoms with van der Waals surface area (Å²) in [5, 5.41) is 9.57. The summed E-state index contributed by atoms with van der Waals surface area (Å²) in [7, 11) is 0. The maximum Gasteiger partial charge on any atom is 0.429 e. The second-order valence-electron chi connectivity index (χ2n) is 5.51. The highest BCUT2D eigenvalue weighted by Crippen LogP contribution is 2.21. The summed E-state index contributed by atoms with van der Waals surface area (Å²) >= 11 is -1.39. The van der Waals surface area contributed by atoms with E-state index in [1.54, 1.807) is 6.92 Å². The van der Waals surface area contributed by atoms with Gasteiger partial charge in [-0.1, -0.05) is 49.4 Å². The number of carboxylic acids is 1. The van der Waals surface area contributed by atoms with E-state index in [9.17, 15) is 9.59 Å². The van der Waals surface area contributed by atoms with Crippen LogP contribution in [0.4, 0.5) is 4.79 Å². The van der Waals surface area contributed by atoms with Crippen molar-refractivity contribution in [3.8, 4) is 16.9 Å². The van der Waals surface area contributed by atoms with E-state index in [1.807, 2.05) is 54.6 Å². The number of nitrogens with one attached hydrogen (secondary N) is 1. The third-order valence-electron chi connectivity index (χ3n) is 3.80. The lowest BCUT2D eigenvalue weighted by Crippen LogP contribution is -2.42. The van der Waals surface area contributed by atoms with Crippen LogP contribution in [-0.4, -0.2) is 47.6 Å². The van der Waals surface area contributed by atoms with Crippen LogP contribution < -0.4 is 4.74 Å². The molecule has 0 aromatic heterocycles. The van der Waals surface area contributed by atoms with Crippen molar-refractivity contribution >= 4 is 26.0 Å². The number of rotatable bonds is 8. The van der Waals surface area contributed by atoms with Gasteiger partial charge in [-0.3, -0.25) is 4.79 Å². The SMILES string of the molecule is CC[C@H](C(=O)O)N([NH-])[C](=O)[AlH][CH2]Oc1ccc(-c2ccccc2)cc1. The first-order valence-corrected chi connectivity index (χ1v) is 9.78. The normalized spacial score (nSPS) is 11.4. The number of amides is 1. The van der Waals surface area contributed by atoms with Crippen molar-refractivity contribution in [2.75, 3.05) is 5.47 Å². The average Bonchev–Trinajstić information content (AvgIpc) is 2.63. The topological polar surface area (TPSA) is 90.6 Å². The fourth-order valence-electron chi connectivity index (χ4n) is 2.39. The predicted molar refractivity (Wildman–Crippen MR) is 97.8 cm³/mol. The average molecular weight is 355 g/mol. The molecule has 25 heavy (non-hydrogen) atoms. The van der Waals surface area contributed by atoms with E-state index in [4.69, 9.17) is 15.7 Å². The molecule has 1 atom stereocenters. The minimum atomic E-state index is -1.39. The Balaban J connectivity index is 1.85. The molecule has 1 amide bonds. The van der Waals surface area contributed by atoms with Gasteiger partial charge in [-0.05, 0) is 29.7 Å². The molecular weight excluding hydrogens is 335 g/mol. The predicted octanol–water partition coefficient (Wildman–Crippen LogP) is 3.38. The number of hydrogen-bond acceptors (Lipinski definition) is 3. The van der Waals surface area contributed by atoms with Gasteiger partial charge in [0.2, 0.25) is 0 Å². The lowest BCUT2D eigenvalue weighted by Gasteiger charge is -2.33. The molecule has 0 aliphatic heterocycles. The molecule has 2 aromatic carbocycles. The standard InChI is InChI=1S/C13H11O.C5H8N2O3.Al.H/c1-14-13-9-7-12(8-10-13)11-5-3-2-4-6-11;1-2-4(5(9)10)7(6)3-8;;/h2-10H,1H2;4,6H,2H2,1H3,(H,9,10);;/q;-1;;/t;4-;;/m.1../s1. The van der Waals surface area contributed by atoms with Crippen molar-refractivity contribution in [3.05, 3.63) is 60.4 Å². The zero-order chi connectivity index (χ0) is 18.2. The molecule has 2 rings (SSSR count). The zero-order valence-electron chi connectivity index (χ0n) is 14.0. The third kappa shape index (κ3) is 5.33. The first-order valence-electron chi connectivity index (χ1n) is 8.07. The Kier molecular flexibility index (Phi) is 7.02. The summed E-state index contributed by atoms with van der Waals surface area (Å²) in [6.45, 7) is 1.64. The Hall–Kier alpha value is -2.33. The van der Waals surface area contributed by atoms with Crippen molar-refractivity contribution in [1.29, 1.82) is 0 Å². The molecule has 0 spiro atoms. The van der Waals surface area contributed by atoms with Crippen LogP contribution in [0, 0.1) is 0 Å². The maximum absolute atomic E-state index is 11.9. The van der Waals surface area contributed by atoms with Gasteiger partial charge in [0, 0.05) is 5.47 Å². The molecule has 6 nitrogen and oxygen atoms in total. The van der Waals surface area contributed by atoms with E-state index in [0.717, 1.165) is 11.1 Å². The highest BCUT2D eigenvalue weighted by atomic mass is 27.1. The van der Waals surface area contributed by atoms with Crippen LogP contribution in [0.3, 0.4) is 0 Å². The zero-order valence-corrected chi connectivity index (χ0v) is 15.4. The van der Waals surface area contributed by atoms with Crippen LogP contribution in [0.1, 0.15) is 13.3 Å². The van der Waals surface area contributed by atoms with Crippen molar-refractivity contribution < 1.29 is 19.4 Å². The van der Waals surface area contributed by atoms with Gasteiger partial charge >= 0.3 is 21.2 Å².